The molecule has 3 rings (SSSR count). The van der Waals surface area contributed by atoms with Crippen molar-refractivity contribution < 1.29 is 14.3 Å². The van der Waals surface area contributed by atoms with E-state index in [1.165, 1.54) is 0 Å². The Kier molecular flexibility index (Phi) is 4.32. The second kappa shape index (κ2) is 6.37. The van der Waals surface area contributed by atoms with Crippen LogP contribution >= 0.6 is 11.8 Å². The number of amides is 1. The summed E-state index contributed by atoms with van der Waals surface area (Å²) in [7, 11) is 0. The van der Waals surface area contributed by atoms with Crippen LogP contribution in [0.4, 0.5) is 0 Å². The number of hydrogen-bond acceptors (Lipinski definition) is 5. The number of rotatable bonds is 4. The first-order valence-electron chi connectivity index (χ1n) is 6.77. The molecule has 5 nitrogen and oxygen atoms in total. The van der Waals surface area contributed by atoms with E-state index in [9.17, 15) is 4.79 Å². The van der Waals surface area contributed by atoms with E-state index in [0.29, 0.717) is 19.0 Å². The molecular formula is C14H18N2O3S. The molecule has 2 heterocycles. The van der Waals surface area contributed by atoms with Crippen molar-refractivity contribution in [1.29, 1.82) is 0 Å². The van der Waals surface area contributed by atoms with Crippen LogP contribution in [0.2, 0.25) is 0 Å². The van der Waals surface area contributed by atoms with Crippen molar-refractivity contribution in [3.05, 3.63) is 23.8 Å². The van der Waals surface area contributed by atoms with Crippen molar-refractivity contribution in [2.24, 2.45) is 0 Å². The zero-order chi connectivity index (χ0) is 13.8. The second-order valence-corrected chi connectivity index (χ2v) is 6.04. The van der Waals surface area contributed by atoms with Gasteiger partial charge in [0.15, 0.2) is 11.5 Å². The van der Waals surface area contributed by atoms with E-state index >= 15 is 0 Å². The van der Waals surface area contributed by atoms with Gasteiger partial charge in [0.05, 0.1) is 0 Å². The van der Waals surface area contributed by atoms with E-state index in [1.54, 1.807) is 0 Å². The molecule has 1 fully saturated rings. The van der Waals surface area contributed by atoms with E-state index < -0.39 is 0 Å². The first-order chi connectivity index (χ1) is 9.81. The van der Waals surface area contributed by atoms with Gasteiger partial charge in [-0.2, -0.15) is 11.8 Å². The normalized spacial score (nSPS) is 20.7. The number of carbonyl (C=O) groups is 1. The minimum Gasteiger partial charge on any atom is -0.454 e. The summed E-state index contributed by atoms with van der Waals surface area (Å²) in [5, 5.41) is 6.32. The first kappa shape index (κ1) is 13.6. The zero-order valence-corrected chi connectivity index (χ0v) is 12.0. The Morgan fingerprint density at radius 3 is 3.15 bits per heavy atom. The minimum absolute atomic E-state index is 0.0858. The lowest BCUT2D eigenvalue weighted by Gasteiger charge is -2.22. The third-order valence-corrected chi connectivity index (χ3v) is 4.49. The molecule has 0 spiro atoms. The standard InChI is InChI=1S/C14H18N2O3S/c17-14(6-11-8-20-4-3-15-11)16-7-10-1-2-12-13(5-10)19-9-18-12/h1-2,5,11,15H,3-4,6-9H2,(H,16,17). The van der Waals surface area contributed by atoms with Crippen molar-refractivity contribution in [3.63, 3.8) is 0 Å². The Balaban J connectivity index is 1.47. The predicted molar refractivity (Wildman–Crippen MR) is 78.1 cm³/mol. The summed E-state index contributed by atoms with van der Waals surface area (Å²) in [6, 6.07) is 6.04. The second-order valence-electron chi connectivity index (χ2n) is 4.89. The van der Waals surface area contributed by atoms with E-state index in [1.807, 2.05) is 30.0 Å². The molecule has 2 aliphatic rings. The number of carbonyl (C=O) groups excluding carboxylic acids is 1. The molecule has 1 amide bonds. The third kappa shape index (κ3) is 3.37. The molecule has 2 N–H and O–H groups in total. The van der Waals surface area contributed by atoms with Crippen molar-refractivity contribution in [3.8, 4) is 11.5 Å². The maximum atomic E-state index is 11.9. The van der Waals surface area contributed by atoms with E-state index in [4.69, 9.17) is 9.47 Å². The number of fused-ring (bicyclic) bond motifs is 1. The van der Waals surface area contributed by atoms with Gasteiger partial charge in [0.2, 0.25) is 12.7 Å². The molecule has 0 aliphatic carbocycles. The Morgan fingerprint density at radius 1 is 1.40 bits per heavy atom. The Morgan fingerprint density at radius 2 is 2.30 bits per heavy atom. The fourth-order valence-electron chi connectivity index (χ4n) is 2.30. The van der Waals surface area contributed by atoms with E-state index in [2.05, 4.69) is 10.6 Å². The number of hydrogen-bond donors (Lipinski definition) is 2. The van der Waals surface area contributed by atoms with Gasteiger partial charge in [0, 0.05) is 37.1 Å². The predicted octanol–water partition coefficient (Wildman–Crippen LogP) is 1.13. The highest BCUT2D eigenvalue weighted by molar-refractivity contribution is 7.99. The summed E-state index contributed by atoms with van der Waals surface area (Å²) >= 11 is 1.90. The molecule has 1 unspecified atom stereocenters. The summed E-state index contributed by atoms with van der Waals surface area (Å²) in [6.07, 6.45) is 0.539. The van der Waals surface area contributed by atoms with Crippen molar-refractivity contribution in [2.45, 2.75) is 19.0 Å². The highest BCUT2D eigenvalue weighted by Gasteiger charge is 2.17. The zero-order valence-electron chi connectivity index (χ0n) is 11.2. The topological polar surface area (TPSA) is 59.6 Å². The SMILES string of the molecule is O=C(CC1CSCCN1)NCc1ccc2c(c1)OCO2. The lowest BCUT2D eigenvalue weighted by Crippen LogP contribution is -2.41. The van der Waals surface area contributed by atoms with Crippen molar-refractivity contribution in [2.75, 3.05) is 24.8 Å². The molecule has 6 heteroatoms. The van der Waals surface area contributed by atoms with Crippen LogP contribution < -0.4 is 20.1 Å². The quantitative estimate of drug-likeness (QED) is 0.871. The Hall–Kier alpha value is -1.40. The summed E-state index contributed by atoms with van der Waals surface area (Å²) < 4.78 is 10.6. The van der Waals surface area contributed by atoms with Gasteiger partial charge in [-0.15, -0.1) is 0 Å². The first-order valence-corrected chi connectivity index (χ1v) is 7.93. The highest BCUT2D eigenvalue weighted by atomic mass is 32.2. The molecule has 0 bridgehead atoms. The van der Waals surface area contributed by atoms with Gasteiger partial charge in [0.1, 0.15) is 0 Å². The van der Waals surface area contributed by atoms with Gasteiger partial charge in [-0.3, -0.25) is 4.79 Å². The highest BCUT2D eigenvalue weighted by Crippen LogP contribution is 2.32. The van der Waals surface area contributed by atoms with Crippen LogP contribution in [-0.4, -0.2) is 36.8 Å². The number of nitrogens with one attached hydrogen (secondary N) is 2. The molecular weight excluding hydrogens is 276 g/mol. The van der Waals surface area contributed by atoms with E-state index in [0.717, 1.165) is 35.1 Å². The van der Waals surface area contributed by atoms with Crippen LogP contribution in [0.1, 0.15) is 12.0 Å². The van der Waals surface area contributed by atoms with Crippen LogP contribution in [0.25, 0.3) is 0 Å². The summed E-state index contributed by atoms with van der Waals surface area (Å²) in [5.41, 5.74) is 1.02. The minimum atomic E-state index is 0.0858. The van der Waals surface area contributed by atoms with Gasteiger partial charge in [-0.05, 0) is 17.7 Å². The van der Waals surface area contributed by atoms with Gasteiger partial charge in [-0.1, -0.05) is 6.07 Å². The molecule has 20 heavy (non-hydrogen) atoms. The summed E-state index contributed by atoms with van der Waals surface area (Å²) in [4.78, 5) is 11.9. The smallest absolute Gasteiger partial charge is 0.231 e. The molecule has 0 saturated carbocycles. The fourth-order valence-corrected chi connectivity index (χ4v) is 3.25. The van der Waals surface area contributed by atoms with E-state index in [-0.39, 0.29) is 12.7 Å². The average Bonchev–Trinajstić information content (AvgIpc) is 2.93. The molecule has 108 valence electrons. The maximum absolute atomic E-state index is 11.9. The molecule has 0 aromatic heterocycles. The third-order valence-electron chi connectivity index (χ3n) is 3.36. The van der Waals surface area contributed by atoms with Gasteiger partial charge in [-0.25, -0.2) is 0 Å². The fraction of sp³-hybridized carbons (Fsp3) is 0.500. The summed E-state index contributed by atoms with van der Waals surface area (Å²) in [5.74, 6) is 3.75. The molecule has 1 aromatic rings. The van der Waals surface area contributed by atoms with Crippen LogP contribution in [-0.2, 0) is 11.3 Å². The monoisotopic (exact) mass is 294 g/mol. The number of ether oxygens (including phenoxy) is 2. The maximum Gasteiger partial charge on any atom is 0.231 e. The number of thioether (sulfide) groups is 1. The molecule has 1 atom stereocenters. The molecule has 1 saturated heterocycles. The largest absolute Gasteiger partial charge is 0.454 e. The van der Waals surface area contributed by atoms with Crippen LogP contribution in [0.3, 0.4) is 0 Å². The van der Waals surface area contributed by atoms with Gasteiger partial charge >= 0.3 is 0 Å². The van der Waals surface area contributed by atoms with Crippen molar-refractivity contribution in [1.82, 2.24) is 10.6 Å². The molecule has 0 radical (unpaired) electrons. The molecule has 1 aromatic carbocycles. The summed E-state index contributed by atoms with van der Waals surface area (Å²) in [6.45, 7) is 1.79. The van der Waals surface area contributed by atoms with Gasteiger partial charge in [0.25, 0.3) is 0 Å². The Labute approximate surface area is 122 Å². The lowest BCUT2D eigenvalue weighted by atomic mass is 10.2. The Bertz CT molecular complexity index is 489. The number of benzene rings is 1. The average molecular weight is 294 g/mol. The lowest BCUT2D eigenvalue weighted by molar-refractivity contribution is -0.121. The molecule has 2 aliphatic heterocycles. The van der Waals surface area contributed by atoms with Crippen LogP contribution in [0, 0.1) is 0 Å². The van der Waals surface area contributed by atoms with Gasteiger partial charge < -0.3 is 20.1 Å². The van der Waals surface area contributed by atoms with Crippen LogP contribution in [0.5, 0.6) is 11.5 Å². The van der Waals surface area contributed by atoms with Crippen LogP contribution in [0.15, 0.2) is 18.2 Å². The van der Waals surface area contributed by atoms with Crippen molar-refractivity contribution >= 4 is 17.7 Å².